The second kappa shape index (κ2) is 15.4. The van der Waals surface area contributed by atoms with E-state index in [1.807, 2.05) is 73.6 Å². The van der Waals surface area contributed by atoms with Crippen LogP contribution in [-0.2, 0) is 0 Å². The van der Waals surface area contributed by atoms with Crippen LogP contribution in [-0.4, -0.2) is 73.6 Å². The maximum atomic E-state index is 2.04. The molecule has 0 unspecified atom stereocenters. The monoisotopic (exact) mass is 280 g/mol. The standard InChI is InChI=1S/2C4H12N2S.2FH/c2*1-5(2)7-6(3)4;;/h2*1-4H3;2*1H. The van der Waals surface area contributed by atoms with E-state index in [-0.39, 0.29) is 9.41 Å². The Balaban J connectivity index is -0.0000000800. The number of halogens is 2. The summed E-state index contributed by atoms with van der Waals surface area (Å²) in [5, 5.41) is 0. The molecule has 4 nitrogen and oxygen atoms in total. The van der Waals surface area contributed by atoms with Crippen LogP contribution in [0.25, 0.3) is 0 Å². The fourth-order valence-corrected chi connectivity index (χ4v) is 1.96. The van der Waals surface area contributed by atoms with Crippen LogP contribution in [0.15, 0.2) is 0 Å². The van der Waals surface area contributed by atoms with Crippen LogP contribution < -0.4 is 0 Å². The van der Waals surface area contributed by atoms with Crippen molar-refractivity contribution in [2.45, 2.75) is 0 Å². The summed E-state index contributed by atoms with van der Waals surface area (Å²) >= 11 is 3.35. The summed E-state index contributed by atoms with van der Waals surface area (Å²) in [5.41, 5.74) is 0. The molecule has 0 saturated carbocycles. The average molecular weight is 280 g/mol. The summed E-state index contributed by atoms with van der Waals surface area (Å²) in [6.45, 7) is 0. The van der Waals surface area contributed by atoms with Gasteiger partial charge in [-0.05, 0) is 56.4 Å². The molecule has 8 heteroatoms. The molecular formula is C8H26F2N4S2. The fraction of sp³-hybridized carbons (Fsp3) is 1.00. The van der Waals surface area contributed by atoms with E-state index in [1.165, 1.54) is 0 Å². The van der Waals surface area contributed by atoms with Crippen LogP contribution in [0.1, 0.15) is 0 Å². The van der Waals surface area contributed by atoms with Gasteiger partial charge in [0.15, 0.2) is 0 Å². The molecule has 0 heterocycles. The van der Waals surface area contributed by atoms with Crippen molar-refractivity contribution in [2.75, 3.05) is 56.4 Å². The third kappa shape index (κ3) is 36.6. The minimum absolute atomic E-state index is 0. The summed E-state index contributed by atoms with van der Waals surface area (Å²) in [6.07, 6.45) is 0. The SMILES string of the molecule is CN(C)SN(C)C.CN(C)SN(C)C.F.F. The Morgan fingerprint density at radius 1 is 0.438 bits per heavy atom. The van der Waals surface area contributed by atoms with Crippen molar-refractivity contribution in [3.63, 3.8) is 0 Å². The first-order valence-corrected chi connectivity index (χ1v) is 5.77. The molecule has 104 valence electrons. The van der Waals surface area contributed by atoms with Gasteiger partial charge in [-0.1, -0.05) is 0 Å². The van der Waals surface area contributed by atoms with Crippen LogP contribution >= 0.6 is 24.3 Å². The van der Waals surface area contributed by atoms with Crippen LogP contribution in [0, 0.1) is 0 Å². The van der Waals surface area contributed by atoms with Gasteiger partial charge >= 0.3 is 0 Å². The molecule has 0 aliphatic rings. The molecule has 0 aliphatic carbocycles. The number of hydrogen-bond acceptors (Lipinski definition) is 6. The van der Waals surface area contributed by atoms with Gasteiger partial charge in [0.05, 0.1) is 0 Å². The second-order valence-corrected chi connectivity index (χ2v) is 6.66. The van der Waals surface area contributed by atoms with Crippen molar-refractivity contribution in [1.29, 1.82) is 0 Å². The quantitative estimate of drug-likeness (QED) is 0.721. The second-order valence-electron chi connectivity index (χ2n) is 3.41. The maximum absolute atomic E-state index is 2.04. The van der Waals surface area contributed by atoms with Crippen LogP contribution in [0.5, 0.6) is 0 Å². The van der Waals surface area contributed by atoms with E-state index in [0.29, 0.717) is 0 Å². The Bertz CT molecular complexity index is 101. The highest BCUT2D eigenvalue weighted by Crippen LogP contribution is 2.04. The summed E-state index contributed by atoms with van der Waals surface area (Å²) in [5.74, 6) is 0. The Hall–Kier alpha value is 0.400. The molecule has 0 aromatic rings. The predicted octanol–water partition coefficient (Wildman–Crippen LogP) is 1.65. The molecule has 0 fully saturated rings. The van der Waals surface area contributed by atoms with Gasteiger partial charge in [0.1, 0.15) is 0 Å². The molecule has 0 atom stereocenters. The summed E-state index contributed by atoms with van der Waals surface area (Å²) in [6, 6.07) is 0. The van der Waals surface area contributed by atoms with E-state index in [4.69, 9.17) is 0 Å². The van der Waals surface area contributed by atoms with Crippen molar-refractivity contribution in [1.82, 2.24) is 17.2 Å². The van der Waals surface area contributed by atoms with E-state index in [9.17, 15) is 0 Å². The Labute approximate surface area is 108 Å². The number of hydrogen-bond donors (Lipinski definition) is 0. The van der Waals surface area contributed by atoms with Crippen molar-refractivity contribution < 1.29 is 9.41 Å². The molecule has 0 radical (unpaired) electrons. The maximum Gasteiger partial charge on any atom is 0.00791 e. The molecule has 0 aromatic carbocycles. The van der Waals surface area contributed by atoms with E-state index in [2.05, 4.69) is 0 Å². The molecule has 0 saturated heterocycles. The lowest BCUT2D eigenvalue weighted by Gasteiger charge is -2.12. The van der Waals surface area contributed by atoms with Gasteiger partial charge in [-0.2, -0.15) is 0 Å². The highest BCUT2D eigenvalue weighted by molar-refractivity contribution is 7.94. The largest absolute Gasteiger partial charge is 0.269 e. The first-order chi connectivity index (χ1) is 6.25. The first-order valence-electron chi connectivity index (χ1n) is 4.31. The topological polar surface area (TPSA) is 13.0 Å². The fourth-order valence-electron chi connectivity index (χ4n) is 0.653. The smallest absolute Gasteiger partial charge is 0.00791 e. The van der Waals surface area contributed by atoms with Crippen molar-refractivity contribution in [3.05, 3.63) is 0 Å². The Morgan fingerprint density at radius 2 is 0.562 bits per heavy atom. The normalized spacial score (nSPS) is 9.75. The predicted molar refractivity (Wildman–Crippen MR) is 74.9 cm³/mol. The molecule has 0 spiro atoms. The first kappa shape index (κ1) is 25.3. The lowest BCUT2D eigenvalue weighted by molar-refractivity contribution is 0.617. The lowest BCUT2D eigenvalue weighted by atomic mass is 11.3. The van der Waals surface area contributed by atoms with Gasteiger partial charge in [0.2, 0.25) is 0 Å². The molecular weight excluding hydrogens is 254 g/mol. The lowest BCUT2D eigenvalue weighted by Crippen LogP contribution is -2.10. The number of nitrogens with zero attached hydrogens (tertiary/aromatic N) is 4. The summed E-state index contributed by atoms with van der Waals surface area (Å²) < 4.78 is 8.17. The van der Waals surface area contributed by atoms with E-state index in [1.54, 1.807) is 24.3 Å². The summed E-state index contributed by atoms with van der Waals surface area (Å²) in [7, 11) is 16.1. The number of rotatable bonds is 4. The van der Waals surface area contributed by atoms with Gasteiger partial charge in [-0.15, -0.1) is 0 Å². The molecule has 0 rings (SSSR count). The van der Waals surface area contributed by atoms with Crippen LogP contribution in [0.4, 0.5) is 9.41 Å². The Morgan fingerprint density at radius 3 is 0.562 bits per heavy atom. The molecule has 0 N–H and O–H groups in total. The third-order valence-electron chi connectivity index (χ3n) is 0.653. The van der Waals surface area contributed by atoms with Gasteiger partial charge < -0.3 is 0 Å². The zero-order valence-corrected chi connectivity index (χ0v) is 13.1. The zero-order chi connectivity index (χ0) is 11.7. The van der Waals surface area contributed by atoms with Crippen LogP contribution in [0.3, 0.4) is 0 Å². The zero-order valence-electron chi connectivity index (χ0n) is 11.4. The Kier molecular flexibility index (Phi) is 24.3. The summed E-state index contributed by atoms with van der Waals surface area (Å²) in [4.78, 5) is 0. The highest BCUT2D eigenvalue weighted by Gasteiger charge is 1.89. The van der Waals surface area contributed by atoms with E-state index >= 15 is 0 Å². The average Bonchev–Trinajstić information content (AvgIpc) is 1.79. The molecule has 16 heavy (non-hydrogen) atoms. The van der Waals surface area contributed by atoms with Crippen molar-refractivity contribution >= 4 is 24.3 Å². The van der Waals surface area contributed by atoms with Gasteiger partial charge in [0, 0.05) is 24.3 Å². The molecule has 0 amide bonds. The molecule has 0 aliphatic heterocycles. The third-order valence-corrected chi connectivity index (χ3v) is 1.96. The van der Waals surface area contributed by atoms with Crippen molar-refractivity contribution in [3.8, 4) is 0 Å². The highest BCUT2D eigenvalue weighted by atomic mass is 32.2. The van der Waals surface area contributed by atoms with Gasteiger partial charge in [-0.3, -0.25) is 9.41 Å². The van der Waals surface area contributed by atoms with E-state index < -0.39 is 0 Å². The molecule has 0 bridgehead atoms. The minimum Gasteiger partial charge on any atom is -0.269 e. The van der Waals surface area contributed by atoms with E-state index in [0.717, 1.165) is 0 Å². The molecule has 0 aromatic heterocycles. The van der Waals surface area contributed by atoms with Gasteiger partial charge in [-0.25, -0.2) is 17.2 Å². The minimum atomic E-state index is 0. The van der Waals surface area contributed by atoms with Gasteiger partial charge in [0.25, 0.3) is 0 Å². The van der Waals surface area contributed by atoms with Crippen molar-refractivity contribution in [2.24, 2.45) is 0 Å². The van der Waals surface area contributed by atoms with Crippen LogP contribution in [0.2, 0.25) is 0 Å².